The second-order valence-electron chi connectivity index (χ2n) is 7.10. The van der Waals surface area contributed by atoms with Crippen molar-refractivity contribution >= 4 is 22.7 Å². The largest absolute Gasteiger partial charge is 0.451 e. The number of pyridine rings is 1. The Hall–Kier alpha value is -2.23. The standard InChI is InChI=1S/C21H23NO3/c23-18-12-6-7-13-19(18)25-21(24)20-14-8-2-1-3-10-16(14)22-17-11-5-4-9-15(17)20/h4-5,9,11,19H,1-3,6-8,10,12-13H2. The van der Waals surface area contributed by atoms with E-state index in [1.165, 1.54) is 0 Å². The first-order valence-electron chi connectivity index (χ1n) is 9.38. The van der Waals surface area contributed by atoms with E-state index in [1.807, 2.05) is 24.3 Å². The number of nitrogens with zero attached hydrogens (tertiary/aromatic N) is 1. The molecule has 0 N–H and O–H groups in total. The van der Waals surface area contributed by atoms with Crippen LogP contribution in [0.25, 0.3) is 10.9 Å². The summed E-state index contributed by atoms with van der Waals surface area (Å²) in [4.78, 5) is 29.9. The van der Waals surface area contributed by atoms with Crippen LogP contribution in [0.1, 0.15) is 66.6 Å². The zero-order valence-electron chi connectivity index (χ0n) is 14.4. The van der Waals surface area contributed by atoms with Crippen molar-refractivity contribution in [3.63, 3.8) is 0 Å². The number of esters is 1. The Kier molecular flexibility index (Phi) is 4.51. The Morgan fingerprint density at radius 3 is 2.68 bits per heavy atom. The lowest BCUT2D eigenvalue weighted by Gasteiger charge is -2.22. The Morgan fingerprint density at radius 2 is 1.80 bits per heavy atom. The van der Waals surface area contributed by atoms with Crippen molar-refractivity contribution in [3.05, 3.63) is 41.1 Å². The van der Waals surface area contributed by atoms with Crippen molar-refractivity contribution in [1.29, 1.82) is 0 Å². The first-order valence-corrected chi connectivity index (χ1v) is 9.38. The Labute approximate surface area is 147 Å². The molecular weight excluding hydrogens is 314 g/mol. The summed E-state index contributed by atoms with van der Waals surface area (Å²) in [6.45, 7) is 0. The van der Waals surface area contributed by atoms with Gasteiger partial charge in [-0.1, -0.05) is 24.6 Å². The van der Waals surface area contributed by atoms with Gasteiger partial charge in [0.2, 0.25) is 0 Å². The third kappa shape index (κ3) is 3.17. The number of carbonyl (C=O) groups excluding carboxylic acids is 2. The van der Waals surface area contributed by atoms with E-state index in [9.17, 15) is 9.59 Å². The molecule has 4 rings (SSSR count). The van der Waals surface area contributed by atoms with Crippen LogP contribution in [0.4, 0.5) is 0 Å². The minimum absolute atomic E-state index is 0.0593. The van der Waals surface area contributed by atoms with Gasteiger partial charge in [0.15, 0.2) is 11.9 Å². The molecule has 0 bridgehead atoms. The summed E-state index contributed by atoms with van der Waals surface area (Å²) < 4.78 is 5.69. The molecule has 1 fully saturated rings. The van der Waals surface area contributed by atoms with E-state index in [-0.39, 0.29) is 11.8 Å². The van der Waals surface area contributed by atoms with Gasteiger partial charge < -0.3 is 4.74 Å². The fourth-order valence-electron chi connectivity index (χ4n) is 4.05. The van der Waals surface area contributed by atoms with Gasteiger partial charge in [-0.25, -0.2) is 4.79 Å². The second kappa shape index (κ2) is 6.95. The molecule has 0 aliphatic heterocycles. The normalized spacial score (nSPS) is 20.8. The Balaban J connectivity index is 1.77. The summed E-state index contributed by atoms with van der Waals surface area (Å²) in [5.41, 5.74) is 3.54. The maximum atomic E-state index is 13.1. The van der Waals surface area contributed by atoms with Crippen LogP contribution < -0.4 is 0 Å². The molecule has 2 aliphatic rings. The summed E-state index contributed by atoms with van der Waals surface area (Å²) in [5, 5.41) is 0.844. The number of para-hydroxylation sites is 1. The van der Waals surface area contributed by atoms with E-state index in [1.54, 1.807) is 0 Å². The summed E-state index contributed by atoms with van der Waals surface area (Å²) in [5.74, 6) is -0.291. The van der Waals surface area contributed by atoms with Crippen molar-refractivity contribution in [2.24, 2.45) is 0 Å². The zero-order valence-corrected chi connectivity index (χ0v) is 14.4. The highest BCUT2D eigenvalue weighted by molar-refractivity contribution is 6.06. The molecule has 1 aromatic heterocycles. The van der Waals surface area contributed by atoms with Crippen LogP contribution >= 0.6 is 0 Å². The van der Waals surface area contributed by atoms with E-state index >= 15 is 0 Å². The predicted octanol–water partition coefficient (Wildman–Crippen LogP) is 4.17. The van der Waals surface area contributed by atoms with Gasteiger partial charge in [-0.05, 0) is 56.6 Å². The molecule has 0 radical (unpaired) electrons. The van der Waals surface area contributed by atoms with Crippen LogP contribution in [0.5, 0.6) is 0 Å². The minimum Gasteiger partial charge on any atom is -0.451 e. The molecule has 1 saturated carbocycles. The topological polar surface area (TPSA) is 56.3 Å². The number of aryl methyl sites for hydroxylation is 1. The SMILES string of the molecule is O=C(OC1CCCCC1=O)c1c2c(nc3ccccc13)CCCCC2. The van der Waals surface area contributed by atoms with Gasteiger partial charge in [-0.15, -0.1) is 0 Å². The zero-order chi connectivity index (χ0) is 17.2. The van der Waals surface area contributed by atoms with E-state index in [2.05, 4.69) is 0 Å². The van der Waals surface area contributed by atoms with Crippen molar-refractivity contribution < 1.29 is 14.3 Å². The highest BCUT2D eigenvalue weighted by atomic mass is 16.5. The number of rotatable bonds is 2. The lowest BCUT2D eigenvalue weighted by Crippen LogP contribution is -2.30. The quantitative estimate of drug-likeness (QED) is 0.609. The summed E-state index contributed by atoms with van der Waals surface area (Å²) in [6.07, 6.45) is 7.53. The molecule has 1 aromatic carbocycles. The molecule has 4 nitrogen and oxygen atoms in total. The van der Waals surface area contributed by atoms with E-state index in [0.29, 0.717) is 18.4 Å². The number of ketones is 1. The first-order chi connectivity index (χ1) is 12.2. The third-order valence-corrected chi connectivity index (χ3v) is 5.37. The summed E-state index contributed by atoms with van der Waals surface area (Å²) in [6, 6.07) is 7.75. The Bertz CT molecular complexity index is 827. The van der Waals surface area contributed by atoms with Gasteiger partial charge in [0.25, 0.3) is 0 Å². The fourth-order valence-corrected chi connectivity index (χ4v) is 4.05. The van der Waals surface area contributed by atoms with Crippen LogP contribution in [0.15, 0.2) is 24.3 Å². The van der Waals surface area contributed by atoms with E-state index < -0.39 is 6.10 Å². The molecule has 0 spiro atoms. The predicted molar refractivity (Wildman–Crippen MR) is 95.7 cm³/mol. The van der Waals surface area contributed by atoms with Gasteiger partial charge in [-0.2, -0.15) is 0 Å². The van der Waals surface area contributed by atoms with Crippen LogP contribution in [-0.4, -0.2) is 22.8 Å². The minimum atomic E-state index is -0.574. The number of Topliss-reactive ketones (excluding diaryl/α,β-unsaturated/α-hetero) is 1. The molecule has 2 aliphatic carbocycles. The average Bonchev–Trinajstić information content (AvgIpc) is 2.86. The molecule has 1 unspecified atom stereocenters. The number of hydrogen-bond acceptors (Lipinski definition) is 4. The van der Waals surface area contributed by atoms with Gasteiger partial charge in [-0.3, -0.25) is 9.78 Å². The summed E-state index contributed by atoms with van der Waals surface area (Å²) in [7, 11) is 0. The number of benzene rings is 1. The maximum absolute atomic E-state index is 13.1. The van der Waals surface area contributed by atoms with Crippen LogP contribution in [0, 0.1) is 0 Å². The molecule has 4 heteroatoms. The van der Waals surface area contributed by atoms with Crippen LogP contribution in [0.2, 0.25) is 0 Å². The molecule has 1 heterocycles. The molecule has 25 heavy (non-hydrogen) atoms. The number of fused-ring (bicyclic) bond motifs is 2. The molecule has 130 valence electrons. The lowest BCUT2D eigenvalue weighted by molar-refractivity contribution is -0.129. The molecule has 0 amide bonds. The maximum Gasteiger partial charge on any atom is 0.339 e. The van der Waals surface area contributed by atoms with Crippen LogP contribution in [0.3, 0.4) is 0 Å². The van der Waals surface area contributed by atoms with E-state index in [4.69, 9.17) is 9.72 Å². The van der Waals surface area contributed by atoms with Gasteiger partial charge >= 0.3 is 5.97 Å². The molecule has 0 saturated heterocycles. The Morgan fingerprint density at radius 1 is 1.00 bits per heavy atom. The van der Waals surface area contributed by atoms with E-state index in [0.717, 1.165) is 67.1 Å². The summed E-state index contributed by atoms with van der Waals surface area (Å²) >= 11 is 0. The van der Waals surface area contributed by atoms with Gasteiger partial charge in [0.1, 0.15) is 0 Å². The fraction of sp³-hybridized carbons (Fsp3) is 0.476. The highest BCUT2D eigenvalue weighted by Gasteiger charge is 2.29. The molecular formula is C21H23NO3. The monoisotopic (exact) mass is 337 g/mol. The van der Waals surface area contributed by atoms with Crippen molar-refractivity contribution in [2.45, 2.75) is 63.9 Å². The van der Waals surface area contributed by atoms with Crippen molar-refractivity contribution in [1.82, 2.24) is 4.98 Å². The third-order valence-electron chi connectivity index (χ3n) is 5.37. The average molecular weight is 337 g/mol. The number of aromatic nitrogens is 1. The van der Waals surface area contributed by atoms with Crippen LogP contribution in [-0.2, 0) is 22.4 Å². The number of hydrogen-bond donors (Lipinski definition) is 0. The van der Waals surface area contributed by atoms with Crippen molar-refractivity contribution in [2.75, 3.05) is 0 Å². The van der Waals surface area contributed by atoms with Crippen molar-refractivity contribution in [3.8, 4) is 0 Å². The molecule has 2 aromatic rings. The van der Waals surface area contributed by atoms with Gasteiger partial charge in [0, 0.05) is 17.5 Å². The first kappa shape index (κ1) is 16.2. The lowest BCUT2D eigenvalue weighted by atomic mass is 9.95. The second-order valence-corrected chi connectivity index (χ2v) is 7.10. The number of ether oxygens (including phenoxy) is 1. The smallest absolute Gasteiger partial charge is 0.339 e. The highest BCUT2D eigenvalue weighted by Crippen LogP contribution is 2.30. The van der Waals surface area contributed by atoms with Gasteiger partial charge in [0.05, 0.1) is 11.1 Å². The number of carbonyl (C=O) groups is 2. The molecule has 1 atom stereocenters.